The molecule has 6 nitrogen and oxygen atoms in total. The molecule has 1 unspecified atom stereocenters. The Morgan fingerprint density at radius 2 is 1.89 bits per heavy atom. The predicted molar refractivity (Wildman–Crippen MR) is 90.2 cm³/mol. The molecule has 2 aromatic rings. The van der Waals surface area contributed by atoms with Gasteiger partial charge in [-0.1, -0.05) is 28.4 Å². The number of carboxylic acids is 1. The number of hydrogen-bond acceptors (Lipinski definition) is 5. The van der Waals surface area contributed by atoms with Crippen LogP contribution in [0.15, 0.2) is 29.6 Å². The molecule has 2 heterocycles. The molecule has 1 aromatic heterocycles. The number of alkyl halides is 3. The van der Waals surface area contributed by atoms with Gasteiger partial charge in [0.25, 0.3) is 5.60 Å². The highest BCUT2D eigenvalue weighted by atomic mass is 35.5. The Bertz CT molecular complexity index is 945. The Kier molecular flexibility index (Phi) is 4.77. The molecular formula is C16H10Cl2F3N3O3. The van der Waals surface area contributed by atoms with Gasteiger partial charge in [-0.2, -0.15) is 13.2 Å². The molecule has 0 aliphatic carbocycles. The smallest absolute Gasteiger partial charge is 0.435 e. The van der Waals surface area contributed by atoms with Gasteiger partial charge in [-0.25, -0.2) is 14.8 Å². The van der Waals surface area contributed by atoms with Crippen molar-refractivity contribution in [2.75, 3.05) is 0 Å². The zero-order chi connectivity index (χ0) is 20.0. The van der Waals surface area contributed by atoms with E-state index in [0.717, 1.165) is 18.3 Å². The van der Waals surface area contributed by atoms with Crippen LogP contribution in [0.25, 0.3) is 0 Å². The number of hydrogen-bond donors (Lipinski definition) is 1. The molecule has 27 heavy (non-hydrogen) atoms. The van der Waals surface area contributed by atoms with Crippen LogP contribution in [0.4, 0.5) is 13.2 Å². The number of nitrogens with zero attached hydrogens (tertiary/aromatic N) is 3. The minimum atomic E-state index is -4.84. The number of aryl methyl sites for hydroxylation is 1. The van der Waals surface area contributed by atoms with E-state index >= 15 is 0 Å². The summed E-state index contributed by atoms with van der Waals surface area (Å²) >= 11 is 11.7. The zero-order valence-electron chi connectivity index (χ0n) is 13.5. The van der Waals surface area contributed by atoms with Gasteiger partial charge in [0, 0.05) is 21.8 Å². The van der Waals surface area contributed by atoms with Crippen molar-refractivity contribution in [3.05, 3.63) is 57.1 Å². The molecule has 0 amide bonds. The Balaban J connectivity index is 2.02. The summed E-state index contributed by atoms with van der Waals surface area (Å²) in [7, 11) is 0. The molecule has 11 heteroatoms. The lowest BCUT2D eigenvalue weighted by Crippen LogP contribution is -2.42. The molecule has 1 aliphatic heterocycles. The van der Waals surface area contributed by atoms with Crippen LogP contribution in [0.5, 0.6) is 0 Å². The van der Waals surface area contributed by atoms with E-state index in [0.29, 0.717) is 0 Å². The van der Waals surface area contributed by atoms with Crippen molar-refractivity contribution in [1.29, 1.82) is 0 Å². The number of carboxylic acid groups (broad SMARTS) is 1. The third-order valence-electron chi connectivity index (χ3n) is 3.98. The van der Waals surface area contributed by atoms with Gasteiger partial charge in [0.05, 0.1) is 17.7 Å². The first-order chi connectivity index (χ1) is 12.5. The summed E-state index contributed by atoms with van der Waals surface area (Å²) in [6.45, 7) is 1.40. The van der Waals surface area contributed by atoms with Crippen molar-refractivity contribution in [1.82, 2.24) is 9.97 Å². The SMILES string of the molecule is Cc1nc(C2=NOC(c3cc(Cl)cc(Cl)c3)(C(F)(F)F)C2)ncc1C(=O)O. The average molecular weight is 420 g/mol. The second-order valence-corrected chi connectivity index (χ2v) is 6.66. The van der Waals surface area contributed by atoms with E-state index in [4.69, 9.17) is 33.1 Å². The molecule has 0 saturated heterocycles. The zero-order valence-corrected chi connectivity index (χ0v) is 15.0. The molecule has 0 spiro atoms. The molecule has 3 rings (SSSR count). The summed E-state index contributed by atoms with van der Waals surface area (Å²) in [6, 6.07) is 3.49. The monoisotopic (exact) mass is 419 g/mol. The van der Waals surface area contributed by atoms with Crippen LogP contribution in [0.1, 0.15) is 33.9 Å². The quantitative estimate of drug-likeness (QED) is 0.797. The van der Waals surface area contributed by atoms with Gasteiger partial charge in [-0.15, -0.1) is 0 Å². The van der Waals surface area contributed by atoms with E-state index in [2.05, 4.69) is 15.1 Å². The maximum atomic E-state index is 13.9. The first kappa shape index (κ1) is 19.4. The van der Waals surface area contributed by atoms with E-state index in [9.17, 15) is 18.0 Å². The van der Waals surface area contributed by atoms with Crippen molar-refractivity contribution >= 4 is 34.9 Å². The maximum absolute atomic E-state index is 13.9. The van der Waals surface area contributed by atoms with Gasteiger partial charge in [-0.05, 0) is 25.1 Å². The predicted octanol–water partition coefficient (Wildman–Crippen LogP) is 4.37. The van der Waals surface area contributed by atoms with Crippen LogP contribution in [-0.4, -0.2) is 32.9 Å². The van der Waals surface area contributed by atoms with Crippen molar-refractivity contribution in [3.63, 3.8) is 0 Å². The first-order valence-corrected chi connectivity index (χ1v) is 8.15. The Morgan fingerprint density at radius 3 is 2.41 bits per heavy atom. The van der Waals surface area contributed by atoms with Gasteiger partial charge in [0.15, 0.2) is 5.82 Å². The Hall–Kier alpha value is -2.39. The molecule has 142 valence electrons. The lowest BCUT2D eigenvalue weighted by Gasteiger charge is -2.29. The summed E-state index contributed by atoms with van der Waals surface area (Å²) in [5.41, 5.74) is -3.37. The largest absolute Gasteiger partial charge is 0.478 e. The van der Waals surface area contributed by atoms with Gasteiger partial charge in [0.1, 0.15) is 5.71 Å². The van der Waals surface area contributed by atoms with Crippen molar-refractivity contribution in [2.24, 2.45) is 5.16 Å². The number of aromatic carboxylic acids is 1. The normalized spacial score (nSPS) is 19.6. The van der Waals surface area contributed by atoms with E-state index in [1.807, 2.05) is 0 Å². The highest BCUT2D eigenvalue weighted by molar-refractivity contribution is 6.34. The van der Waals surface area contributed by atoms with Crippen LogP contribution >= 0.6 is 23.2 Å². The van der Waals surface area contributed by atoms with Crippen LogP contribution in [0, 0.1) is 6.92 Å². The number of aromatic nitrogens is 2. The minimum absolute atomic E-state index is 0.0103. The summed E-state index contributed by atoms with van der Waals surface area (Å²) < 4.78 is 41.7. The number of halogens is 5. The standard InChI is InChI=1S/C16H10Cl2F3N3O3/c1-7-11(14(25)26)6-22-13(23-7)12-5-15(27-24-12,16(19,20)21)8-2-9(17)4-10(18)3-8/h2-4,6H,5H2,1H3,(H,25,26). The highest BCUT2D eigenvalue weighted by Crippen LogP contribution is 2.49. The molecule has 0 fully saturated rings. The van der Waals surface area contributed by atoms with Crippen LogP contribution in [0.2, 0.25) is 10.0 Å². The molecule has 1 aliphatic rings. The van der Waals surface area contributed by atoms with E-state index in [1.165, 1.54) is 13.0 Å². The molecule has 1 N–H and O–H groups in total. The lowest BCUT2D eigenvalue weighted by molar-refractivity contribution is -0.275. The third-order valence-corrected chi connectivity index (χ3v) is 4.42. The van der Waals surface area contributed by atoms with E-state index in [1.54, 1.807) is 0 Å². The topological polar surface area (TPSA) is 84.7 Å². The number of benzene rings is 1. The van der Waals surface area contributed by atoms with Gasteiger partial charge in [0.2, 0.25) is 0 Å². The fourth-order valence-corrected chi connectivity index (χ4v) is 3.15. The van der Waals surface area contributed by atoms with E-state index in [-0.39, 0.29) is 38.4 Å². The Labute approximate surface area is 160 Å². The maximum Gasteiger partial charge on any atom is 0.435 e. The molecule has 0 radical (unpaired) electrons. The van der Waals surface area contributed by atoms with Gasteiger partial charge < -0.3 is 9.94 Å². The highest BCUT2D eigenvalue weighted by Gasteiger charge is 2.62. The van der Waals surface area contributed by atoms with Crippen LogP contribution in [-0.2, 0) is 10.4 Å². The number of oxime groups is 1. The fraction of sp³-hybridized carbons (Fsp3) is 0.250. The molecule has 1 atom stereocenters. The van der Waals surface area contributed by atoms with Crippen LogP contribution in [0.3, 0.4) is 0 Å². The summed E-state index contributed by atoms with van der Waals surface area (Å²) in [4.78, 5) is 23.6. The first-order valence-electron chi connectivity index (χ1n) is 7.39. The second-order valence-electron chi connectivity index (χ2n) is 5.79. The molecular weight excluding hydrogens is 410 g/mol. The van der Waals surface area contributed by atoms with Gasteiger partial charge >= 0.3 is 12.1 Å². The second kappa shape index (κ2) is 6.65. The minimum Gasteiger partial charge on any atom is -0.478 e. The van der Waals surface area contributed by atoms with Crippen molar-refractivity contribution < 1.29 is 27.9 Å². The lowest BCUT2D eigenvalue weighted by atomic mass is 9.88. The number of carbonyl (C=O) groups is 1. The third kappa shape index (κ3) is 3.44. The summed E-state index contributed by atoms with van der Waals surface area (Å²) in [5.74, 6) is -1.40. The fourth-order valence-electron chi connectivity index (χ4n) is 2.63. The molecule has 0 saturated carbocycles. The number of rotatable bonds is 3. The average Bonchev–Trinajstić information content (AvgIpc) is 3.00. The van der Waals surface area contributed by atoms with Crippen molar-refractivity contribution in [2.45, 2.75) is 25.1 Å². The van der Waals surface area contributed by atoms with Gasteiger partial charge in [-0.3, -0.25) is 0 Å². The van der Waals surface area contributed by atoms with Crippen molar-refractivity contribution in [3.8, 4) is 0 Å². The summed E-state index contributed by atoms with van der Waals surface area (Å²) in [6.07, 6.45) is -4.56. The van der Waals surface area contributed by atoms with E-state index < -0.39 is 24.2 Å². The Morgan fingerprint density at radius 1 is 1.26 bits per heavy atom. The molecule has 0 bridgehead atoms. The molecule has 1 aromatic carbocycles. The van der Waals surface area contributed by atoms with Crippen LogP contribution < -0.4 is 0 Å². The summed E-state index contributed by atoms with van der Waals surface area (Å²) in [5, 5.41) is 12.5.